The van der Waals surface area contributed by atoms with Crippen molar-refractivity contribution < 1.29 is 0 Å². The van der Waals surface area contributed by atoms with Gasteiger partial charge in [-0.2, -0.15) is 0 Å². The van der Waals surface area contributed by atoms with Crippen LogP contribution in [0.4, 0.5) is 0 Å². The van der Waals surface area contributed by atoms with Crippen molar-refractivity contribution in [1.82, 2.24) is 15.3 Å². The Morgan fingerprint density at radius 2 is 1.34 bits per heavy atom. The molecule has 0 radical (unpaired) electrons. The number of aromatic amines is 2. The third-order valence-electron chi connectivity index (χ3n) is 7.28. The number of allylic oxidation sites excluding steroid dienone is 4. The van der Waals surface area contributed by atoms with Gasteiger partial charge in [-0.15, -0.1) is 0 Å². The number of fused-ring (bicyclic) bond motifs is 7. The number of aliphatic imine (C=N–C) groups is 1. The first-order valence-electron chi connectivity index (χ1n) is 13.0. The summed E-state index contributed by atoms with van der Waals surface area (Å²) in [6.45, 7) is 4.24. The Bertz CT molecular complexity index is 1830. The summed E-state index contributed by atoms with van der Waals surface area (Å²) in [6.07, 6.45) is 12.8. The van der Waals surface area contributed by atoms with Crippen molar-refractivity contribution in [1.29, 1.82) is 0 Å². The fourth-order valence-electron chi connectivity index (χ4n) is 5.31. The van der Waals surface area contributed by atoms with Crippen molar-refractivity contribution in [3.8, 4) is 0 Å². The number of nitrogens with zero attached hydrogens (tertiary/aromatic N) is 1. The van der Waals surface area contributed by atoms with Crippen LogP contribution >= 0.6 is 0 Å². The van der Waals surface area contributed by atoms with E-state index in [1.807, 2.05) is 0 Å². The van der Waals surface area contributed by atoms with Gasteiger partial charge < -0.3 is 15.3 Å². The molecule has 8 bridgehead atoms. The molecular formula is C34H28N4. The van der Waals surface area contributed by atoms with Gasteiger partial charge in [0.25, 0.3) is 0 Å². The predicted molar refractivity (Wildman–Crippen MR) is 156 cm³/mol. The third-order valence-corrected chi connectivity index (χ3v) is 7.28. The highest BCUT2D eigenvalue weighted by molar-refractivity contribution is 6.09. The molecule has 3 N–H and O–H groups in total. The summed E-state index contributed by atoms with van der Waals surface area (Å²) in [7, 11) is 0. The van der Waals surface area contributed by atoms with Gasteiger partial charge in [-0.1, -0.05) is 65.7 Å². The van der Waals surface area contributed by atoms with Crippen molar-refractivity contribution in [2.24, 2.45) is 4.99 Å². The lowest BCUT2D eigenvalue weighted by molar-refractivity contribution is 0.875. The molecule has 0 amide bonds. The summed E-state index contributed by atoms with van der Waals surface area (Å²) < 4.78 is 0. The second-order valence-corrected chi connectivity index (χ2v) is 10.1. The Morgan fingerprint density at radius 3 is 2.08 bits per heavy atom. The summed E-state index contributed by atoms with van der Waals surface area (Å²) >= 11 is 0. The van der Waals surface area contributed by atoms with Gasteiger partial charge in [0.05, 0.1) is 17.5 Å². The Kier molecular flexibility index (Phi) is 5.26. The lowest BCUT2D eigenvalue weighted by Gasteiger charge is -2.11. The minimum atomic E-state index is 0.115. The van der Waals surface area contributed by atoms with Gasteiger partial charge in [-0.05, 0) is 79.6 Å². The van der Waals surface area contributed by atoms with Crippen LogP contribution in [0, 0.1) is 13.8 Å². The van der Waals surface area contributed by atoms with Crippen LogP contribution in [-0.2, 0) is 0 Å². The number of hydrogen-bond acceptors (Lipinski definition) is 2. The minimum Gasteiger partial charge on any atom is -0.375 e. The highest BCUT2D eigenvalue weighted by atomic mass is 14.9. The van der Waals surface area contributed by atoms with E-state index in [9.17, 15) is 0 Å². The maximum absolute atomic E-state index is 5.04. The molecule has 2 aromatic carbocycles. The maximum atomic E-state index is 5.04. The number of nitrogens with one attached hydrogen (secondary N) is 3. The van der Waals surface area contributed by atoms with E-state index in [0.29, 0.717) is 0 Å². The Hall–Kier alpha value is -4.83. The van der Waals surface area contributed by atoms with Crippen LogP contribution in [0.1, 0.15) is 33.6 Å². The maximum Gasteiger partial charge on any atom is 0.0736 e. The average molecular weight is 493 g/mol. The molecule has 184 valence electrons. The molecule has 1 unspecified atom stereocenters. The Morgan fingerprint density at radius 1 is 0.658 bits per heavy atom. The van der Waals surface area contributed by atoms with Gasteiger partial charge in [0.2, 0.25) is 0 Å². The smallest absolute Gasteiger partial charge is 0.0736 e. The summed E-state index contributed by atoms with van der Waals surface area (Å²) in [5, 5.41) is 5.73. The van der Waals surface area contributed by atoms with Crippen molar-refractivity contribution in [3.05, 3.63) is 159 Å². The quantitative estimate of drug-likeness (QED) is 0.355. The zero-order chi connectivity index (χ0) is 25.6. The average Bonchev–Trinajstić information content (AvgIpc) is 3.72. The van der Waals surface area contributed by atoms with E-state index in [0.717, 1.165) is 61.5 Å². The van der Waals surface area contributed by atoms with Crippen LogP contribution in [0.3, 0.4) is 0 Å². The monoisotopic (exact) mass is 492 g/mol. The highest BCUT2D eigenvalue weighted by Gasteiger charge is 2.18. The molecule has 0 aliphatic carbocycles. The summed E-state index contributed by atoms with van der Waals surface area (Å²) in [5.41, 5.74) is 12.0. The van der Waals surface area contributed by atoms with Gasteiger partial charge in [-0.25, -0.2) is 4.99 Å². The molecule has 0 saturated heterocycles. The number of aromatic nitrogens is 2. The van der Waals surface area contributed by atoms with Crippen LogP contribution in [-0.4, -0.2) is 21.7 Å². The molecule has 2 aromatic heterocycles. The van der Waals surface area contributed by atoms with E-state index in [-0.39, 0.29) is 6.04 Å². The first-order chi connectivity index (χ1) is 18.6. The van der Waals surface area contributed by atoms with E-state index < -0.39 is 0 Å². The van der Waals surface area contributed by atoms with Gasteiger partial charge in [0.15, 0.2) is 0 Å². The number of benzene rings is 2. The van der Waals surface area contributed by atoms with Crippen molar-refractivity contribution in [2.75, 3.05) is 0 Å². The first-order valence-corrected chi connectivity index (χ1v) is 13.0. The normalized spacial score (nSPS) is 23.4. The zero-order valence-corrected chi connectivity index (χ0v) is 21.4. The van der Waals surface area contributed by atoms with Crippen molar-refractivity contribution >= 4 is 22.9 Å². The molecule has 7 rings (SSSR count). The minimum absolute atomic E-state index is 0.115. The number of rotatable bonds is 2. The second kappa shape index (κ2) is 8.93. The van der Waals surface area contributed by atoms with E-state index in [1.165, 1.54) is 11.1 Å². The highest BCUT2D eigenvalue weighted by Crippen LogP contribution is 2.32. The van der Waals surface area contributed by atoms with Crippen molar-refractivity contribution in [3.63, 3.8) is 0 Å². The van der Waals surface area contributed by atoms with Crippen LogP contribution in [0.15, 0.2) is 120 Å². The van der Waals surface area contributed by atoms with Gasteiger partial charge in [-0.3, -0.25) is 0 Å². The fraction of sp³-hybridized carbons (Fsp3) is 0.0882. The second-order valence-electron chi connectivity index (χ2n) is 10.1. The largest absolute Gasteiger partial charge is 0.375 e. The predicted octanol–water partition coefficient (Wildman–Crippen LogP) is 5.18. The molecule has 38 heavy (non-hydrogen) atoms. The van der Waals surface area contributed by atoms with Crippen LogP contribution < -0.4 is 16.0 Å². The van der Waals surface area contributed by atoms with Crippen LogP contribution in [0.5, 0.6) is 0 Å². The molecule has 3 aliphatic heterocycles. The molecule has 0 saturated carbocycles. The number of aryl methyl sites for hydroxylation is 2. The molecule has 0 fully saturated rings. The van der Waals surface area contributed by atoms with Gasteiger partial charge >= 0.3 is 0 Å². The molecule has 0 spiro atoms. The lowest BCUT2D eigenvalue weighted by atomic mass is 9.99. The molecular weight excluding hydrogens is 464 g/mol. The summed E-state index contributed by atoms with van der Waals surface area (Å²) in [4.78, 5) is 12.5. The van der Waals surface area contributed by atoms with E-state index >= 15 is 0 Å². The number of hydrogen-bond donors (Lipinski definition) is 3. The topological polar surface area (TPSA) is 56.0 Å². The van der Waals surface area contributed by atoms with Crippen LogP contribution in [0.25, 0.3) is 17.2 Å². The van der Waals surface area contributed by atoms with Crippen LogP contribution in [0.2, 0.25) is 0 Å². The molecule has 4 aromatic rings. The molecule has 4 heteroatoms. The Balaban J connectivity index is 1.51. The van der Waals surface area contributed by atoms with E-state index in [1.54, 1.807) is 0 Å². The molecule has 1 atom stereocenters. The summed E-state index contributed by atoms with van der Waals surface area (Å²) in [6, 6.07) is 26.2. The van der Waals surface area contributed by atoms with Gasteiger partial charge in [0, 0.05) is 38.9 Å². The van der Waals surface area contributed by atoms with Crippen molar-refractivity contribution in [2.45, 2.75) is 19.9 Å². The molecule has 4 nitrogen and oxygen atoms in total. The SMILES string of the molecule is Cc1ccc(/C2=C3\C=CC(=N3)/C=C3/C=CC(/C=c4/cc/c([nH]4)=C(\c4ccc(C)cc4)c4ccc2[nH]4)N3)cc1. The third kappa shape index (κ3) is 4.10. The Labute approximate surface area is 221 Å². The fourth-order valence-corrected chi connectivity index (χ4v) is 5.31. The van der Waals surface area contributed by atoms with Gasteiger partial charge in [0.1, 0.15) is 0 Å². The molecule has 3 aliphatic rings. The zero-order valence-electron chi connectivity index (χ0n) is 21.4. The molecule has 5 heterocycles. The first kappa shape index (κ1) is 22.4. The van der Waals surface area contributed by atoms with E-state index in [2.05, 4.69) is 138 Å². The lowest BCUT2D eigenvalue weighted by Crippen LogP contribution is -2.23. The van der Waals surface area contributed by atoms with E-state index in [4.69, 9.17) is 4.99 Å². The standard InChI is InChI=1S/C34H28N4/c1-21-3-7-23(8-4-21)33-29-15-13-27(36-29)19-25-11-12-26(35-25)20-28-14-16-30(37-28)34(32-18-17-31(33)38-32)24-9-5-22(2)6-10-24/h3-20,25,35-36,38H,1-2H3/b26-20-,27-19-,33-29-,34-30-. The number of H-pyrrole nitrogens is 2. The summed E-state index contributed by atoms with van der Waals surface area (Å²) in [5.74, 6) is 0.